The summed E-state index contributed by atoms with van der Waals surface area (Å²) in [6.07, 6.45) is -7.00. The summed E-state index contributed by atoms with van der Waals surface area (Å²) in [7, 11) is 0. The van der Waals surface area contributed by atoms with Crippen LogP contribution in [0, 0.1) is 0 Å². The van der Waals surface area contributed by atoms with Crippen molar-refractivity contribution in [3.63, 3.8) is 0 Å². The number of benzene rings is 6. The van der Waals surface area contributed by atoms with Gasteiger partial charge in [0.15, 0.2) is 0 Å². The molecule has 1 saturated carbocycles. The maximum absolute atomic E-state index is 13.9. The zero-order valence-electron chi connectivity index (χ0n) is 26.3. The quantitative estimate of drug-likeness (QED) is 0.161. The summed E-state index contributed by atoms with van der Waals surface area (Å²) in [5, 5.41) is 0. The minimum atomic E-state index is -4.50. The summed E-state index contributed by atoms with van der Waals surface area (Å²) in [5.74, 6) is -0.426. The van der Waals surface area contributed by atoms with Crippen LogP contribution in [0.25, 0.3) is 33.9 Å². The zero-order chi connectivity index (χ0) is 34.4. The molecule has 1 fully saturated rings. The summed E-state index contributed by atoms with van der Waals surface area (Å²) < 4.78 is 82.5. The Morgan fingerprint density at radius 3 is 1.30 bits per heavy atom. The standard InChI is InChI=1S/C44H26F6/c45-43(46,47)28-21-17-26(18-22-28)25-38-40(39-34-13-3-1-9-30(34)31-10-2-4-14-35(31)39)41(27-19-23-29(24-20-27)44(48,49)50)42(38)36-15-7-5-11-32(36)33-12-6-8-16-37(33)42/h1-25,41H/b38-25-/t41-/m1/s1. The first-order valence-electron chi connectivity index (χ1n) is 16.3. The molecule has 0 aromatic heterocycles. The Hall–Kier alpha value is -5.62. The van der Waals surface area contributed by atoms with E-state index in [-0.39, 0.29) is 0 Å². The van der Waals surface area contributed by atoms with Crippen LogP contribution in [0.5, 0.6) is 0 Å². The van der Waals surface area contributed by atoms with Crippen molar-refractivity contribution in [1.82, 2.24) is 0 Å². The maximum atomic E-state index is 13.9. The number of rotatable bonds is 2. The van der Waals surface area contributed by atoms with Crippen LogP contribution in [0.15, 0.2) is 157 Å². The highest BCUT2D eigenvalue weighted by molar-refractivity contribution is 6.07. The van der Waals surface area contributed by atoms with Crippen molar-refractivity contribution in [3.8, 4) is 22.3 Å². The zero-order valence-corrected chi connectivity index (χ0v) is 26.3. The second kappa shape index (κ2) is 10.7. The topological polar surface area (TPSA) is 0 Å². The highest BCUT2D eigenvalue weighted by Crippen LogP contribution is 2.72. The Kier molecular flexibility index (Phi) is 6.51. The molecule has 50 heavy (non-hydrogen) atoms. The van der Waals surface area contributed by atoms with E-state index in [0.29, 0.717) is 5.56 Å². The molecular formula is C44H26F6. The predicted octanol–water partition coefficient (Wildman–Crippen LogP) is 12.4. The summed E-state index contributed by atoms with van der Waals surface area (Å²) in [5.41, 5.74) is 10.0. The van der Waals surface area contributed by atoms with E-state index in [9.17, 15) is 26.3 Å². The molecule has 6 aromatic carbocycles. The van der Waals surface area contributed by atoms with E-state index in [2.05, 4.69) is 48.5 Å². The van der Waals surface area contributed by atoms with E-state index >= 15 is 0 Å². The fraction of sp³-hybridized carbons (Fsp3) is 0.0909. The van der Waals surface area contributed by atoms with Gasteiger partial charge < -0.3 is 0 Å². The van der Waals surface area contributed by atoms with E-state index in [0.717, 1.165) is 91.1 Å². The third kappa shape index (κ3) is 4.27. The van der Waals surface area contributed by atoms with E-state index in [1.165, 1.54) is 12.1 Å². The lowest BCUT2D eigenvalue weighted by atomic mass is 9.46. The van der Waals surface area contributed by atoms with Crippen molar-refractivity contribution in [2.24, 2.45) is 0 Å². The minimum absolute atomic E-state index is 0.426. The Balaban J connectivity index is 1.41. The van der Waals surface area contributed by atoms with E-state index in [1.807, 2.05) is 54.6 Å². The van der Waals surface area contributed by atoms with Gasteiger partial charge in [0.2, 0.25) is 0 Å². The van der Waals surface area contributed by atoms with Crippen LogP contribution in [0.1, 0.15) is 50.4 Å². The van der Waals surface area contributed by atoms with Gasteiger partial charge in [0.05, 0.1) is 16.5 Å². The molecule has 9 rings (SSSR count). The SMILES string of the molecule is FC(F)(F)c1ccc(/C=C2/C(=C3c4ccccc4-c4ccccc43)[C@@H](c3ccc(C(F)(F)F)cc3)C23c2ccccc2-c2ccccc23)cc1. The molecule has 244 valence electrons. The van der Waals surface area contributed by atoms with Gasteiger partial charge in [0, 0.05) is 5.92 Å². The van der Waals surface area contributed by atoms with E-state index in [1.54, 1.807) is 12.1 Å². The first-order valence-corrected chi connectivity index (χ1v) is 16.3. The highest BCUT2D eigenvalue weighted by Gasteiger charge is 2.62. The molecule has 1 atom stereocenters. The smallest absolute Gasteiger partial charge is 0.166 e. The highest BCUT2D eigenvalue weighted by atomic mass is 19.4. The van der Waals surface area contributed by atoms with Gasteiger partial charge in [-0.1, -0.05) is 127 Å². The van der Waals surface area contributed by atoms with Crippen molar-refractivity contribution in [2.75, 3.05) is 0 Å². The van der Waals surface area contributed by atoms with Crippen molar-refractivity contribution >= 4 is 11.6 Å². The molecule has 0 nitrogen and oxygen atoms in total. The molecule has 0 bridgehead atoms. The van der Waals surface area contributed by atoms with Gasteiger partial charge >= 0.3 is 12.4 Å². The van der Waals surface area contributed by atoms with Gasteiger partial charge in [-0.15, -0.1) is 0 Å². The van der Waals surface area contributed by atoms with Crippen LogP contribution in [0.2, 0.25) is 0 Å². The van der Waals surface area contributed by atoms with Crippen molar-refractivity contribution in [3.05, 3.63) is 201 Å². The Morgan fingerprint density at radius 1 is 0.440 bits per heavy atom. The average molecular weight is 669 g/mol. The largest absolute Gasteiger partial charge is 0.416 e. The number of hydrogen-bond acceptors (Lipinski definition) is 0. The fourth-order valence-corrected chi connectivity index (χ4v) is 8.53. The van der Waals surface area contributed by atoms with Crippen LogP contribution in [-0.2, 0) is 17.8 Å². The molecule has 3 aliphatic carbocycles. The second-order valence-electron chi connectivity index (χ2n) is 13.0. The first kappa shape index (κ1) is 30.4. The van der Waals surface area contributed by atoms with Crippen LogP contribution in [0.4, 0.5) is 26.3 Å². The minimum Gasteiger partial charge on any atom is -0.166 e. The molecular weight excluding hydrogens is 642 g/mol. The van der Waals surface area contributed by atoms with Gasteiger partial charge in [0.25, 0.3) is 0 Å². The number of allylic oxidation sites excluding steroid dienone is 2. The lowest BCUT2D eigenvalue weighted by Gasteiger charge is -2.55. The monoisotopic (exact) mass is 668 g/mol. The van der Waals surface area contributed by atoms with Gasteiger partial charge in [0.1, 0.15) is 0 Å². The summed E-state index contributed by atoms with van der Waals surface area (Å²) in [6.45, 7) is 0. The molecule has 0 N–H and O–H groups in total. The summed E-state index contributed by atoms with van der Waals surface area (Å²) in [4.78, 5) is 0. The Bertz CT molecular complexity index is 2300. The molecule has 0 radical (unpaired) electrons. The number of alkyl halides is 6. The Morgan fingerprint density at radius 2 is 0.840 bits per heavy atom. The van der Waals surface area contributed by atoms with Gasteiger partial charge in [-0.05, 0) is 96.6 Å². The maximum Gasteiger partial charge on any atom is 0.416 e. The Labute approximate surface area is 284 Å². The molecule has 3 aliphatic rings. The molecule has 6 aromatic rings. The first-order chi connectivity index (χ1) is 24.1. The van der Waals surface area contributed by atoms with Crippen LogP contribution < -0.4 is 0 Å². The fourth-order valence-electron chi connectivity index (χ4n) is 8.53. The molecule has 6 heteroatoms. The normalized spacial score (nSPS) is 17.7. The predicted molar refractivity (Wildman–Crippen MR) is 184 cm³/mol. The van der Waals surface area contributed by atoms with Gasteiger partial charge in [-0.25, -0.2) is 0 Å². The van der Waals surface area contributed by atoms with E-state index in [4.69, 9.17) is 0 Å². The van der Waals surface area contributed by atoms with Crippen LogP contribution >= 0.6 is 0 Å². The number of halogens is 6. The lowest BCUT2D eigenvalue weighted by molar-refractivity contribution is -0.138. The molecule has 0 amide bonds. The van der Waals surface area contributed by atoms with E-state index < -0.39 is 34.8 Å². The molecule has 0 heterocycles. The van der Waals surface area contributed by atoms with Gasteiger partial charge in [-0.2, -0.15) is 26.3 Å². The molecule has 0 unspecified atom stereocenters. The lowest BCUT2D eigenvalue weighted by Crippen LogP contribution is -2.47. The van der Waals surface area contributed by atoms with Crippen LogP contribution in [-0.4, -0.2) is 0 Å². The second-order valence-corrected chi connectivity index (χ2v) is 13.0. The van der Waals surface area contributed by atoms with Crippen molar-refractivity contribution in [1.29, 1.82) is 0 Å². The molecule has 0 aliphatic heterocycles. The summed E-state index contributed by atoms with van der Waals surface area (Å²) in [6, 6.07) is 43.0. The molecule has 1 spiro atoms. The van der Waals surface area contributed by atoms with Crippen molar-refractivity contribution in [2.45, 2.75) is 23.7 Å². The third-order valence-electron chi connectivity index (χ3n) is 10.5. The number of hydrogen-bond donors (Lipinski definition) is 0. The number of fused-ring (bicyclic) bond motifs is 8. The van der Waals surface area contributed by atoms with Gasteiger partial charge in [-0.3, -0.25) is 0 Å². The average Bonchev–Trinajstić information content (AvgIpc) is 3.61. The molecule has 0 saturated heterocycles. The van der Waals surface area contributed by atoms with Crippen molar-refractivity contribution < 1.29 is 26.3 Å². The van der Waals surface area contributed by atoms with Crippen LogP contribution in [0.3, 0.4) is 0 Å². The third-order valence-corrected chi connectivity index (χ3v) is 10.5. The summed E-state index contributed by atoms with van der Waals surface area (Å²) >= 11 is 0.